The third-order valence-electron chi connectivity index (χ3n) is 4.50. The first-order valence-electron chi connectivity index (χ1n) is 10.0. The lowest BCUT2D eigenvalue weighted by Gasteiger charge is -2.15. The van der Waals surface area contributed by atoms with Gasteiger partial charge in [0.1, 0.15) is 16.2 Å². The van der Waals surface area contributed by atoms with Crippen LogP contribution in [-0.4, -0.2) is 48.8 Å². The molecule has 0 bridgehead atoms. The molecular formula is C20H24N6O5S2. The third kappa shape index (κ3) is 5.66. The largest absolute Gasteiger partial charge is 0.469 e. The van der Waals surface area contributed by atoms with E-state index in [4.69, 9.17) is 0 Å². The number of aromatic nitrogens is 5. The Balaban J connectivity index is 1.85. The number of fused-ring (bicyclic) bond motifs is 1. The maximum absolute atomic E-state index is 12.9. The Kier molecular flexibility index (Phi) is 7.64. The van der Waals surface area contributed by atoms with E-state index in [-0.39, 0.29) is 35.0 Å². The quantitative estimate of drug-likeness (QED) is 0.280. The molecule has 3 rings (SSSR count). The van der Waals surface area contributed by atoms with E-state index in [0.717, 1.165) is 16.3 Å². The molecule has 0 saturated heterocycles. The number of methoxy groups -OCH3 is 1. The molecule has 3 aromatic rings. The average molecular weight is 493 g/mol. The fourth-order valence-corrected chi connectivity index (χ4v) is 4.62. The molecule has 1 N–H and O–H groups in total. The van der Waals surface area contributed by atoms with Crippen LogP contribution >= 0.6 is 23.1 Å². The molecule has 3 aromatic heterocycles. The number of thiazole rings is 1. The van der Waals surface area contributed by atoms with E-state index in [1.165, 1.54) is 30.1 Å². The van der Waals surface area contributed by atoms with E-state index < -0.39 is 17.2 Å². The second-order valence-corrected chi connectivity index (χ2v) is 9.48. The molecule has 13 heteroatoms. The monoisotopic (exact) mass is 492 g/mol. The smallest absolute Gasteiger partial charge is 0.332 e. The second-order valence-electron chi connectivity index (χ2n) is 7.66. The molecule has 0 aliphatic heterocycles. The van der Waals surface area contributed by atoms with Gasteiger partial charge in [-0.25, -0.2) is 19.7 Å². The second kappa shape index (κ2) is 10.3. The highest BCUT2D eigenvalue weighted by atomic mass is 32.2. The van der Waals surface area contributed by atoms with Crippen LogP contribution in [0.15, 0.2) is 20.0 Å². The normalized spacial score (nSPS) is 11.2. The Morgan fingerprint density at radius 2 is 1.97 bits per heavy atom. The van der Waals surface area contributed by atoms with E-state index in [1.807, 2.05) is 13.8 Å². The molecule has 0 aliphatic rings. The number of carbonyl (C=O) groups excluding carboxylic acids is 2. The molecule has 0 aromatic carbocycles. The zero-order chi connectivity index (χ0) is 24.3. The van der Waals surface area contributed by atoms with Crippen molar-refractivity contribution in [1.82, 2.24) is 24.1 Å². The Bertz CT molecular complexity index is 1330. The SMILES string of the molecule is COC(=O)Cc1csc(NC(=O)CSc2nc(C)nc3c2c(=O)n(C)c(=O)n3CC(C)C)n1. The van der Waals surface area contributed by atoms with Gasteiger partial charge in [-0.2, -0.15) is 0 Å². The minimum absolute atomic E-state index is 0.0190. The van der Waals surface area contributed by atoms with Crippen LogP contribution < -0.4 is 16.6 Å². The van der Waals surface area contributed by atoms with Gasteiger partial charge in [0.05, 0.1) is 25.0 Å². The van der Waals surface area contributed by atoms with Gasteiger partial charge in [0, 0.05) is 19.0 Å². The molecule has 1 amide bonds. The number of aryl methyl sites for hydroxylation is 1. The van der Waals surface area contributed by atoms with Crippen LogP contribution in [0, 0.1) is 12.8 Å². The van der Waals surface area contributed by atoms with E-state index >= 15 is 0 Å². The first-order chi connectivity index (χ1) is 15.6. The molecule has 0 radical (unpaired) electrons. The van der Waals surface area contributed by atoms with Gasteiger partial charge in [-0.05, 0) is 12.8 Å². The summed E-state index contributed by atoms with van der Waals surface area (Å²) in [5, 5.41) is 5.22. The van der Waals surface area contributed by atoms with Gasteiger partial charge in [-0.15, -0.1) is 11.3 Å². The van der Waals surface area contributed by atoms with Crippen LogP contribution in [0.4, 0.5) is 5.13 Å². The van der Waals surface area contributed by atoms with Gasteiger partial charge in [-0.3, -0.25) is 23.5 Å². The summed E-state index contributed by atoms with van der Waals surface area (Å²) in [6.07, 6.45) is 0.0190. The lowest BCUT2D eigenvalue weighted by molar-refractivity contribution is -0.139. The molecule has 176 valence electrons. The van der Waals surface area contributed by atoms with Gasteiger partial charge in [0.25, 0.3) is 5.56 Å². The number of hydrogen-bond acceptors (Lipinski definition) is 10. The molecule has 0 aliphatic carbocycles. The van der Waals surface area contributed by atoms with Crippen molar-refractivity contribution in [2.75, 3.05) is 18.2 Å². The number of thioether (sulfide) groups is 1. The standard InChI is InChI=1S/C20H24N6O5S2/c1-10(2)7-26-16-15(18(29)25(4)20(26)30)17(22-11(3)21-16)32-9-13(27)24-19-23-12(8-33-19)6-14(28)31-5/h8,10H,6-7,9H2,1-5H3,(H,23,24,27). The number of esters is 1. The molecule has 0 fully saturated rings. The highest BCUT2D eigenvalue weighted by molar-refractivity contribution is 8.00. The van der Waals surface area contributed by atoms with E-state index in [1.54, 1.807) is 12.3 Å². The summed E-state index contributed by atoms with van der Waals surface area (Å²) in [5.41, 5.74) is -0.191. The number of nitrogens with one attached hydrogen (secondary N) is 1. The van der Waals surface area contributed by atoms with Gasteiger partial charge < -0.3 is 10.1 Å². The molecule has 0 unspecified atom stereocenters. The van der Waals surface area contributed by atoms with E-state index in [9.17, 15) is 19.2 Å². The van der Waals surface area contributed by atoms with Crippen LogP contribution in [0.2, 0.25) is 0 Å². The predicted octanol–water partition coefficient (Wildman–Crippen LogP) is 1.36. The number of amides is 1. The third-order valence-corrected chi connectivity index (χ3v) is 6.28. The highest BCUT2D eigenvalue weighted by Gasteiger charge is 2.19. The molecule has 0 spiro atoms. The molecular weight excluding hydrogens is 468 g/mol. The van der Waals surface area contributed by atoms with Crippen molar-refractivity contribution in [3.05, 3.63) is 37.7 Å². The molecule has 33 heavy (non-hydrogen) atoms. The highest BCUT2D eigenvalue weighted by Crippen LogP contribution is 2.23. The Morgan fingerprint density at radius 3 is 2.64 bits per heavy atom. The van der Waals surface area contributed by atoms with E-state index in [0.29, 0.717) is 28.2 Å². The molecule has 3 heterocycles. The van der Waals surface area contributed by atoms with Crippen molar-refractivity contribution in [2.24, 2.45) is 13.0 Å². The summed E-state index contributed by atoms with van der Waals surface area (Å²) in [6, 6.07) is 0. The summed E-state index contributed by atoms with van der Waals surface area (Å²) in [5.74, 6) is -0.261. The zero-order valence-corrected chi connectivity index (χ0v) is 20.5. The number of rotatable bonds is 8. The summed E-state index contributed by atoms with van der Waals surface area (Å²) in [7, 11) is 2.71. The van der Waals surface area contributed by atoms with Crippen molar-refractivity contribution >= 4 is 51.1 Å². The summed E-state index contributed by atoms with van der Waals surface area (Å²) >= 11 is 2.27. The number of nitrogens with zero attached hydrogens (tertiary/aromatic N) is 5. The van der Waals surface area contributed by atoms with Gasteiger partial charge in [0.2, 0.25) is 5.91 Å². The number of anilines is 1. The number of carbonyl (C=O) groups is 2. The van der Waals surface area contributed by atoms with E-state index in [2.05, 4.69) is 25.0 Å². The maximum atomic E-state index is 12.9. The number of ether oxygens (including phenoxy) is 1. The topological polar surface area (TPSA) is 138 Å². The number of hydrogen-bond donors (Lipinski definition) is 1. The fourth-order valence-electron chi connectivity index (χ4n) is 3.03. The average Bonchev–Trinajstić information content (AvgIpc) is 3.19. The van der Waals surface area contributed by atoms with Crippen LogP contribution in [-0.2, 0) is 34.3 Å². The van der Waals surface area contributed by atoms with Crippen molar-refractivity contribution in [3.8, 4) is 0 Å². The Labute approximate surface area is 197 Å². The first kappa shape index (κ1) is 24.6. The molecule has 0 atom stereocenters. The predicted molar refractivity (Wildman–Crippen MR) is 126 cm³/mol. The minimum atomic E-state index is -0.509. The minimum Gasteiger partial charge on any atom is -0.469 e. The van der Waals surface area contributed by atoms with Gasteiger partial charge >= 0.3 is 11.7 Å². The Morgan fingerprint density at radius 1 is 1.24 bits per heavy atom. The lowest BCUT2D eigenvalue weighted by atomic mass is 10.2. The zero-order valence-electron chi connectivity index (χ0n) is 18.9. The van der Waals surface area contributed by atoms with Gasteiger partial charge in [-0.1, -0.05) is 25.6 Å². The fraction of sp³-hybridized carbons (Fsp3) is 0.450. The van der Waals surface area contributed by atoms with Crippen LogP contribution in [0.1, 0.15) is 25.4 Å². The van der Waals surface area contributed by atoms with Crippen molar-refractivity contribution < 1.29 is 14.3 Å². The molecule has 11 nitrogen and oxygen atoms in total. The van der Waals surface area contributed by atoms with Crippen molar-refractivity contribution in [3.63, 3.8) is 0 Å². The summed E-state index contributed by atoms with van der Waals surface area (Å²) in [6.45, 7) is 5.99. The first-order valence-corrected chi connectivity index (χ1v) is 11.9. The maximum Gasteiger partial charge on any atom is 0.332 e. The lowest BCUT2D eigenvalue weighted by Crippen LogP contribution is -2.39. The van der Waals surface area contributed by atoms with Gasteiger partial charge in [0.15, 0.2) is 10.8 Å². The van der Waals surface area contributed by atoms with Crippen molar-refractivity contribution in [2.45, 2.75) is 38.8 Å². The summed E-state index contributed by atoms with van der Waals surface area (Å²) in [4.78, 5) is 62.3. The van der Waals surface area contributed by atoms with Crippen molar-refractivity contribution in [1.29, 1.82) is 0 Å². The van der Waals surface area contributed by atoms with Crippen LogP contribution in [0.3, 0.4) is 0 Å². The Hall–Kier alpha value is -3.06. The van der Waals surface area contributed by atoms with Crippen LogP contribution in [0.25, 0.3) is 11.0 Å². The van der Waals surface area contributed by atoms with Crippen LogP contribution in [0.5, 0.6) is 0 Å². The molecule has 0 saturated carbocycles. The summed E-state index contributed by atoms with van der Waals surface area (Å²) < 4.78 is 7.11.